The third-order valence-corrected chi connectivity index (χ3v) is 7.59. The summed E-state index contributed by atoms with van der Waals surface area (Å²) in [4.78, 5) is 41.3. The molecular formula is C33H46N2O5. The summed E-state index contributed by atoms with van der Waals surface area (Å²) in [5.41, 5.74) is 2.07. The van der Waals surface area contributed by atoms with Gasteiger partial charge in [-0.25, -0.2) is 4.79 Å². The van der Waals surface area contributed by atoms with Crippen molar-refractivity contribution in [2.45, 2.75) is 96.4 Å². The molecule has 0 bridgehead atoms. The molecule has 7 nitrogen and oxygen atoms in total. The molecule has 0 aromatic heterocycles. The first kappa shape index (κ1) is 31.3. The highest BCUT2D eigenvalue weighted by atomic mass is 16.5. The minimum atomic E-state index is -0.702. The second-order valence-electron chi connectivity index (χ2n) is 11.0. The van der Waals surface area contributed by atoms with Gasteiger partial charge in [0.15, 0.2) is 0 Å². The first-order chi connectivity index (χ1) is 19.4. The van der Waals surface area contributed by atoms with Crippen molar-refractivity contribution in [3.8, 4) is 0 Å². The van der Waals surface area contributed by atoms with E-state index in [2.05, 4.69) is 12.2 Å². The molecule has 0 aliphatic carbocycles. The van der Waals surface area contributed by atoms with Crippen LogP contribution in [0.3, 0.4) is 0 Å². The van der Waals surface area contributed by atoms with Crippen molar-refractivity contribution >= 4 is 17.8 Å². The van der Waals surface area contributed by atoms with E-state index in [-0.39, 0.29) is 35.8 Å². The molecule has 4 atom stereocenters. The van der Waals surface area contributed by atoms with Crippen LogP contribution in [0.5, 0.6) is 0 Å². The first-order valence-electron chi connectivity index (χ1n) is 14.8. The van der Waals surface area contributed by atoms with Crippen LogP contribution in [-0.2, 0) is 36.9 Å². The molecule has 2 aromatic carbocycles. The second-order valence-corrected chi connectivity index (χ2v) is 11.0. The van der Waals surface area contributed by atoms with Gasteiger partial charge in [-0.2, -0.15) is 0 Å². The molecule has 40 heavy (non-hydrogen) atoms. The quantitative estimate of drug-likeness (QED) is 0.441. The summed E-state index contributed by atoms with van der Waals surface area (Å²) < 4.78 is 12.0. The van der Waals surface area contributed by atoms with Gasteiger partial charge < -0.3 is 19.7 Å². The van der Waals surface area contributed by atoms with Gasteiger partial charge in [0.05, 0.1) is 19.3 Å². The molecule has 3 rings (SSSR count). The van der Waals surface area contributed by atoms with Crippen molar-refractivity contribution in [1.29, 1.82) is 0 Å². The van der Waals surface area contributed by atoms with Gasteiger partial charge in [0.2, 0.25) is 11.8 Å². The molecule has 1 fully saturated rings. The smallest absolute Gasteiger partial charge is 0.329 e. The number of hydrogen-bond donors (Lipinski definition) is 1. The number of hydrogen-bond acceptors (Lipinski definition) is 5. The van der Waals surface area contributed by atoms with Gasteiger partial charge in [-0.05, 0) is 43.2 Å². The van der Waals surface area contributed by atoms with E-state index in [1.807, 2.05) is 67.6 Å². The summed E-state index contributed by atoms with van der Waals surface area (Å²) in [6, 6.07) is 18.9. The number of esters is 1. The lowest BCUT2D eigenvalue weighted by atomic mass is 9.98. The highest BCUT2D eigenvalue weighted by Gasteiger charge is 2.32. The van der Waals surface area contributed by atoms with E-state index in [1.165, 1.54) is 0 Å². The second kappa shape index (κ2) is 16.8. The average molecular weight is 551 g/mol. The van der Waals surface area contributed by atoms with E-state index in [0.717, 1.165) is 36.8 Å². The van der Waals surface area contributed by atoms with Crippen molar-refractivity contribution < 1.29 is 23.9 Å². The molecule has 1 saturated heterocycles. The number of likely N-dealkylation sites (N-methyl/N-ethyl adjacent to an activating group) is 1. The van der Waals surface area contributed by atoms with Crippen LogP contribution in [-0.4, -0.2) is 54.5 Å². The van der Waals surface area contributed by atoms with Crippen LogP contribution in [0.2, 0.25) is 0 Å². The standard InChI is InChI=1S/C33H46N2O5/c1-4-13-29-20-12-21-31(36)34-28(24-39-23-27-17-9-6-10-18-27)19-11-14-25(2)32(37)35(3)30(33(38)40-29)22-26-15-7-5-8-16-26/h5-10,15-18,25,28-30H,4,11-14,19-24H2,1-3H3,(H,34,36)/t25-,28-,29+,30+/m1/s1. The molecule has 1 heterocycles. The Morgan fingerprint density at radius 2 is 1.60 bits per heavy atom. The Hall–Kier alpha value is -3.19. The van der Waals surface area contributed by atoms with Gasteiger partial charge in [-0.15, -0.1) is 0 Å². The highest BCUT2D eigenvalue weighted by Crippen LogP contribution is 2.20. The number of nitrogens with zero attached hydrogens (tertiary/aromatic N) is 1. The normalized spacial score (nSPS) is 23.9. The number of benzene rings is 2. The number of carbonyl (C=O) groups excluding carboxylic acids is 3. The zero-order valence-electron chi connectivity index (χ0n) is 24.3. The van der Waals surface area contributed by atoms with E-state index < -0.39 is 6.04 Å². The lowest BCUT2D eigenvalue weighted by molar-refractivity contribution is -0.160. The maximum absolute atomic E-state index is 13.5. The molecule has 0 spiro atoms. The van der Waals surface area contributed by atoms with Crippen molar-refractivity contribution in [2.24, 2.45) is 5.92 Å². The molecule has 1 aliphatic rings. The molecule has 2 amide bonds. The monoisotopic (exact) mass is 550 g/mol. The van der Waals surface area contributed by atoms with Gasteiger partial charge in [0, 0.05) is 25.8 Å². The number of cyclic esters (lactones) is 1. The van der Waals surface area contributed by atoms with Gasteiger partial charge >= 0.3 is 5.97 Å². The summed E-state index contributed by atoms with van der Waals surface area (Å²) in [5, 5.41) is 3.14. The average Bonchev–Trinajstić information content (AvgIpc) is 2.95. The summed E-state index contributed by atoms with van der Waals surface area (Å²) in [6.07, 6.45) is 5.41. The van der Waals surface area contributed by atoms with Gasteiger partial charge in [-0.1, -0.05) is 87.4 Å². The van der Waals surface area contributed by atoms with Crippen LogP contribution in [0, 0.1) is 5.92 Å². The lowest BCUT2D eigenvalue weighted by Crippen LogP contribution is -2.47. The number of amides is 2. The van der Waals surface area contributed by atoms with Crippen LogP contribution in [0.15, 0.2) is 60.7 Å². The molecular weight excluding hydrogens is 504 g/mol. The number of rotatable bonds is 8. The Morgan fingerprint density at radius 1 is 0.925 bits per heavy atom. The molecule has 1 N–H and O–H groups in total. The molecule has 2 aromatic rings. The Kier molecular flexibility index (Phi) is 13.2. The minimum Gasteiger partial charge on any atom is -0.461 e. The Morgan fingerprint density at radius 3 is 2.27 bits per heavy atom. The Labute approximate surface area is 239 Å². The Bertz CT molecular complexity index is 1050. The van der Waals surface area contributed by atoms with E-state index in [1.54, 1.807) is 11.9 Å². The van der Waals surface area contributed by atoms with Gasteiger partial charge in [-0.3, -0.25) is 9.59 Å². The first-order valence-corrected chi connectivity index (χ1v) is 14.8. The molecule has 1 aliphatic heterocycles. The third kappa shape index (κ3) is 10.4. The molecule has 0 radical (unpaired) electrons. The van der Waals surface area contributed by atoms with Crippen molar-refractivity contribution in [2.75, 3.05) is 13.7 Å². The highest BCUT2D eigenvalue weighted by molar-refractivity contribution is 5.85. The van der Waals surface area contributed by atoms with Gasteiger partial charge in [0.25, 0.3) is 0 Å². The molecule has 0 unspecified atom stereocenters. The maximum Gasteiger partial charge on any atom is 0.329 e. The SMILES string of the molecule is CCC[C@H]1CCCC(=O)N[C@@H](COCc2ccccc2)CCC[C@@H](C)C(=O)N(C)[C@@H](Cc2ccccc2)C(=O)O1. The zero-order valence-corrected chi connectivity index (χ0v) is 24.3. The lowest BCUT2D eigenvalue weighted by Gasteiger charge is -2.31. The van der Waals surface area contributed by atoms with E-state index in [4.69, 9.17) is 9.47 Å². The number of ether oxygens (including phenoxy) is 2. The van der Waals surface area contributed by atoms with Crippen molar-refractivity contribution in [3.05, 3.63) is 71.8 Å². The van der Waals surface area contributed by atoms with Crippen LogP contribution >= 0.6 is 0 Å². The maximum atomic E-state index is 13.5. The van der Waals surface area contributed by atoms with Crippen molar-refractivity contribution in [1.82, 2.24) is 10.2 Å². The topological polar surface area (TPSA) is 84.9 Å². The van der Waals surface area contributed by atoms with E-state index >= 15 is 0 Å². The number of carbonyl (C=O) groups is 3. The van der Waals surface area contributed by atoms with Crippen LogP contribution in [0.1, 0.15) is 76.3 Å². The summed E-state index contributed by atoms with van der Waals surface area (Å²) >= 11 is 0. The van der Waals surface area contributed by atoms with Crippen LogP contribution < -0.4 is 5.32 Å². The fourth-order valence-electron chi connectivity index (χ4n) is 5.22. The minimum absolute atomic E-state index is 0.0206. The molecule has 218 valence electrons. The Balaban J connectivity index is 1.72. The summed E-state index contributed by atoms with van der Waals surface area (Å²) in [6.45, 7) is 4.86. The molecule has 0 saturated carbocycles. The fraction of sp³-hybridized carbons (Fsp3) is 0.545. The summed E-state index contributed by atoms with van der Waals surface area (Å²) in [5.74, 6) is -0.736. The van der Waals surface area contributed by atoms with Crippen LogP contribution in [0.25, 0.3) is 0 Å². The molecule has 7 heteroatoms. The van der Waals surface area contributed by atoms with Gasteiger partial charge in [0.1, 0.15) is 12.1 Å². The van der Waals surface area contributed by atoms with E-state index in [0.29, 0.717) is 45.3 Å². The largest absolute Gasteiger partial charge is 0.461 e. The fourth-order valence-corrected chi connectivity index (χ4v) is 5.22. The van der Waals surface area contributed by atoms with Crippen LogP contribution in [0.4, 0.5) is 0 Å². The van der Waals surface area contributed by atoms with Crippen molar-refractivity contribution in [3.63, 3.8) is 0 Å². The predicted molar refractivity (Wildman–Crippen MR) is 156 cm³/mol. The third-order valence-electron chi connectivity index (χ3n) is 7.59. The number of nitrogens with one attached hydrogen (secondary N) is 1. The summed E-state index contributed by atoms with van der Waals surface area (Å²) in [7, 11) is 1.71. The van der Waals surface area contributed by atoms with E-state index in [9.17, 15) is 14.4 Å². The zero-order chi connectivity index (χ0) is 28.7. The predicted octanol–water partition coefficient (Wildman–Crippen LogP) is 5.46.